The van der Waals surface area contributed by atoms with Crippen molar-refractivity contribution >= 4 is 23.6 Å². The Morgan fingerprint density at radius 2 is 1.90 bits per heavy atom. The average molecular weight is 300 g/mol. The molecule has 3 N–H and O–H groups in total. The summed E-state index contributed by atoms with van der Waals surface area (Å²) in [5.74, 6) is -0.345. The second kappa shape index (κ2) is 7.31. The molecule has 1 amide bonds. The zero-order valence-corrected chi connectivity index (χ0v) is 12.6. The molecule has 1 heterocycles. The molecule has 0 atom stereocenters. The number of carboxylic acids is 1. The zero-order chi connectivity index (χ0) is 14.4. The van der Waals surface area contributed by atoms with Crippen LogP contribution < -0.4 is 10.6 Å². The number of carbonyl (C=O) groups excluding carboxylic acids is 1. The van der Waals surface area contributed by atoms with Gasteiger partial charge >= 0.3 is 5.97 Å². The molecule has 2 rings (SSSR count). The van der Waals surface area contributed by atoms with Gasteiger partial charge in [-0.05, 0) is 38.8 Å². The summed E-state index contributed by atoms with van der Waals surface area (Å²) in [6.07, 6.45) is 5.49. The third kappa shape index (κ3) is 4.12. The van der Waals surface area contributed by atoms with E-state index in [1.807, 2.05) is 0 Å². The van der Waals surface area contributed by atoms with Crippen molar-refractivity contribution in [3.05, 3.63) is 0 Å². The van der Waals surface area contributed by atoms with Crippen LogP contribution in [0.3, 0.4) is 0 Å². The number of amides is 1. The monoisotopic (exact) mass is 300 g/mol. The highest BCUT2D eigenvalue weighted by Gasteiger charge is 2.41. The Kier molecular flexibility index (Phi) is 5.72. The Morgan fingerprint density at radius 1 is 1.25 bits per heavy atom. The van der Waals surface area contributed by atoms with Crippen LogP contribution in [0.4, 0.5) is 0 Å². The number of aliphatic carboxylic acids is 1. The molecule has 0 unspecified atom stereocenters. The van der Waals surface area contributed by atoms with E-state index in [1.54, 1.807) is 11.8 Å². The fourth-order valence-corrected chi connectivity index (χ4v) is 4.05. The number of nitrogens with one attached hydrogen (secondary N) is 2. The lowest BCUT2D eigenvalue weighted by Crippen LogP contribution is -2.42. The van der Waals surface area contributed by atoms with E-state index >= 15 is 0 Å². The second-order valence-electron chi connectivity index (χ2n) is 5.83. The molecule has 0 spiro atoms. The molecular weight excluding hydrogens is 276 g/mol. The predicted molar refractivity (Wildman–Crippen MR) is 79.9 cm³/mol. The molecule has 0 radical (unpaired) electrons. The fourth-order valence-electron chi connectivity index (χ4n) is 2.99. The maximum absolute atomic E-state index is 11.9. The van der Waals surface area contributed by atoms with Crippen LogP contribution in [0, 0.1) is 5.41 Å². The summed E-state index contributed by atoms with van der Waals surface area (Å²) in [5.41, 5.74) is -0.713. The van der Waals surface area contributed by atoms with E-state index < -0.39 is 11.4 Å². The van der Waals surface area contributed by atoms with Gasteiger partial charge in [-0.3, -0.25) is 9.59 Å². The van der Waals surface area contributed by atoms with Gasteiger partial charge < -0.3 is 15.7 Å². The molecule has 0 aromatic rings. The van der Waals surface area contributed by atoms with Crippen LogP contribution in [0.25, 0.3) is 0 Å². The predicted octanol–water partition coefficient (Wildman–Crippen LogP) is 1.23. The maximum Gasteiger partial charge on any atom is 0.311 e. The number of thioether (sulfide) groups is 1. The van der Waals surface area contributed by atoms with Crippen molar-refractivity contribution in [3.8, 4) is 0 Å². The summed E-state index contributed by atoms with van der Waals surface area (Å²) >= 11 is 1.70. The molecule has 20 heavy (non-hydrogen) atoms. The van der Waals surface area contributed by atoms with Gasteiger partial charge in [0.2, 0.25) is 5.91 Å². The number of piperidine rings is 1. The molecule has 114 valence electrons. The lowest BCUT2D eigenvalue weighted by molar-refractivity contribution is -0.148. The minimum Gasteiger partial charge on any atom is -0.481 e. The van der Waals surface area contributed by atoms with Crippen molar-refractivity contribution in [2.45, 2.75) is 43.8 Å². The Labute approximate surface area is 124 Å². The molecule has 0 bridgehead atoms. The average Bonchev–Trinajstić information content (AvgIpc) is 2.94. The first-order valence-electron chi connectivity index (χ1n) is 7.45. The van der Waals surface area contributed by atoms with Crippen LogP contribution in [-0.2, 0) is 9.59 Å². The van der Waals surface area contributed by atoms with Gasteiger partial charge in [-0.2, -0.15) is 0 Å². The molecule has 1 aliphatic heterocycles. The van der Waals surface area contributed by atoms with Gasteiger partial charge in [0.05, 0.1) is 11.2 Å². The Hall–Kier alpha value is -0.750. The second-order valence-corrected chi connectivity index (χ2v) is 7.12. The fraction of sp³-hybridized carbons (Fsp3) is 0.857. The molecular formula is C14H24N2O3S. The zero-order valence-electron chi connectivity index (χ0n) is 11.8. The van der Waals surface area contributed by atoms with E-state index in [9.17, 15) is 14.7 Å². The van der Waals surface area contributed by atoms with E-state index in [0.717, 1.165) is 38.8 Å². The maximum atomic E-state index is 11.9. The Balaban J connectivity index is 1.70. The largest absolute Gasteiger partial charge is 0.481 e. The van der Waals surface area contributed by atoms with E-state index in [-0.39, 0.29) is 12.5 Å². The number of carbonyl (C=O) groups is 2. The van der Waals surface area contributed by atoms with Crippen molar-refractivity contribution in [1.82, 2.24) is 10.6 Å². The highest BCUT2D eigenvalue weighted by molar-refractivity contribution is 8.00. The van der Waals surface area contributed by atoms with Crippen LogP contribution in [0.5, 0.6) is 0 Å². The van der Waals surface area contributed by atoms with Crippen LogP contribution in [-0.4, -0.2) is 47.6 Å². The number of carboxylic acid groups (broad SMARTS) is 1. The van der Waals surface area contributed by atoms with Crippen LogP contribution >= 0.6 is 11.8 Å². The van der Waals surface area contributed by atoms with E-state index in [1.165, 1.54) is 0 Å². The van der Waals surface area contributed by atoms with Crippen molar-refractivity contribution in [1.29, 1.82) is 0 Å². The first-order valence-corrected chi connectivity index (χ1v) is 8.50. The number of hydrogen-bond acceptors (Lipinski definition) is 4. The molecule has 5 nitrogen and oxygen atoms in total. The van der Waals surface area contributed by atoms with E-state index in [4.69, 9.17) is 0 Å². The van der Waals surface area contributed by atoms with Gasteiger partial charge in [0.15, 0.2) is 0 Å². The van der Waals surface area contributed by atoms with Gasteiger partial charge in [-0.1, -0.05) is 12.8 Å². The number of rotatable bonds is 6. The van der Waals surface area contributed by atoms with Gasteiger partial charge in [0, 0.05) is 11.8 Å². The standard InChI is InChI=1S/C14H24N2O3S/c17-12(9-20-11-3-7-15-8-4-11)16-10-14(13(18)19)5-1-2-6-14/h11,15H,1-10H2,(H,16,17)(H,18,19). The highest BCUT2D eigenvalue weighted by atomic mass is 32.2. The third-order valence-corrected chi connectivity index (χ3v) is 5.75. The molecule has 6 heteroatoms. The van der Waals surface area contributed by atoms with Gasteiger partial charge in [0.25, 0.3) is 0 Å². The minimum atomic E-state index is -0.763. The molecule has 2 aliphatic rings. The molecule has 1 saturated carbocycles. The summed E-state index contributed by atoms with van der Waals surface area (Å²) < 4.78 is 0. The lowest BCUT2D eigenvalue weighted by atomic mass is 9.86. The topological polar surface area (TPSA) is 78.4 Å². The summed E-state index contributed by atoms with van der Waals surface area (Å²) in [5, 5.41) is 16.0. The molecule has 2 fully saturated rings. The van der Waals surface area contributed by atoms with Gasteiger partial charge in [-0.25, -0.2) is 0 Å². The highest BCUT2D eigenvalue weighted by Crippen LogP contribution is 2.37. The van der Waals surface area contributed by atoms with Gasteiger partial charge in [0.1, 0.15) is 0 Å². The molecule has 0 aromatic heterocycles. The smallest absolute Gasteiger partial charge is 0.311 e. The van der Waals surface area contributed by atoms with Crippen LogP contribution in [0.2, 0.25) is 0 Å². The van der Waals surface area contributed by atoms with Crippen molar-refractivity contribution in [3.63, 3.8) is 0 Å². The van der Waals surface area contributed by atoms with Crippen LogP contribution in [0.1, 0.15) is 38.5 Å². The Bertz CT molecular complexity index is 350. The molecule has 1 aliphatic carbocycles. The normalized spacial score (nSPS) is 22.6. The quantitative estimate of drug-likeness (QED) is 0.688. The third-order valence-electron chi connectivity index (χ3n) is 4.37. The minimum absolute atomic E-state index is 0.0268. The summed E-state index contributed by atoms with van der Waals surface area (Å²) in [6, 6.07) is 0. The summed E-state index contributed by atoms with van der Waals surface area (Å²) in [7, 11) is 0. The summed E-state index contributed by atoms with van der Waals surface area (Å²) in [6.45, 7) is 2.34. The van der Waals surface area contributed by atoms with Crippen molar-refractivity contribution in [2.24, 2.45) is 5.41 Å². The van der Waals surface area contributed by atoms with Crippen LogP contribution in [0.15, 0.2) is 0 Å². The van der Waals surface area contributed by atoms with Gasteiger partial charge in [-0.15, -0.1) is 11.8 Å². The Morgan fingerprint density at radius 3 is 2.50 bits per heavy atom. The van der Waals surface area contributed by atoms with E-state index in [2.05, 4.69) is 10.6 Å². The first-order chi connectivity index (χ1) is 9.62. The first kappa shape index (κ1) is 15.6. The van der Waals surface area contributed by atoms with Crippen molar-refractivity contribution in [2.75, 3.05) is 25.4 Å². The molecule has 0 aromatic carbocycles. The SMILES string of the molecule is O=C(CSC1CCNCC1)NCC1(C(=O)O)CCCC1. The summed E-state index contributed by atoms with van der Waals surface area (Å²) in [4.78, 5) is 23.2. The number of hydrogen-bond donors (Lipinski definition) is 3. The lowest BCUT2D eigenvalue weighted by Gasteiger charge is -2.25. The van der Waals surface area contributed by atoms with Crippen molar-refractivity contribution < 1.29 is 14.7 Å². The molecule has 1 saturated heterocycles. The van der Waals surface area contributed by atoms with E-state index in [0.29, 0.717) is 23.8 Å².